The molecule has 4 rings (SSSR count). The first-order chi connectivity index (χ1) is 10.7. The lowest BCUT2D eigenvalue weighted by atomic mass is 9.72. The van der Waals surface area contributed by atoms with E-state index in [-0.39, 0.29) is 5.91 Å². The number of hydrogen-bond acceptors (Lipinski definition) is 5. The standard InChI is InChI=1S/C16H19N3O2S/c1-10-8-22-9-12(10)13-18-15(21-19-13)16(6-7-17-14(16)20)11-4-2-3-5-11/h8-9,11H,2-7H2,1H3,(H,17,20). The van der Waals surface area contributed by atoms with Gasteiger partial charge >= 0.3 is 0 Å². The summed E-state index contributed by atoms with van der Waals surface area (Å²) in [5.41, 5.74) is 1.54. The predicted octanol–water partition coefficient (Wildman–Crippen LogP) is 3.05. The van der Waals surface area contributed by atoms with E-state index >= 15 is 0 Å². The molecular weight excluding hydrogens is 298 g/mol. The SMILES string of the molecule is Cc1cscc1-c1noc(C2(C3CCCC3)CCNC2=O)n1. The summed E-state index contributed by atoms with van der Waals surface area (Å²) in [6, 6.07) is 0. The highest BCUT2D eigenvalue weighted by Gasteiger charge is 2.54. The summed E-state index contributed by atoms with van der Waals surface area (Å²) < 4.78 is 5.60. The fourth-order valence-electron chi connectivity index (χ4n) is 3.93. The molecule has 5 nitrogen and oxygen atoms in total. The highest BCUT2D eigenvalue weighted by atomic mass is 32.1. The highest BCUT2D eigenvalue weighted by Crippen LogP contribution is 2.46. The number of thiophene rings is 1. The quantitative estimate of drug-likeness (QED) is 0.944. The lowest BCUT2D eigenvalue weighted by Crippen LogP contribution is -2.41. The summed E-state index contributed by atoms with van der Waals surface area (Å²) in [4.78, 5) is 17.2. The third kappa shape index (κ3) is 1.93. The van der Waals surface area contributed by atoms with E-state index in [2.05, 4.69) is 20.8 Å². The Morgan fingerprint density at radius 1 is 1.36 bits per heavy atom. The monoisotopic (exact) mass is 317 g/mol. The van der Waals surface area contributed by atoms with Gasteiger partial charge < -0.3 is 9.84 Å². The van der Waals surface area contributed by atoms with Gasteiger partial charge in [-0.3, -0.25) is 4.79 Å². The van der Waals surface area contributed by atoms with Crippen molar-refractivity contribution in [3.05, 3.63) is 22.2 Å². The van der Waals surface area contributed by atoms with Crippen LogP contribution in [0, 0.1) is 12.8 Å². The number of carbonyl (C=O) groups is 1. The molecule has 116 valence electrons. The number of nitrogens with one attached hydrogen (secondary N) is 1. The molecule has 1 unspecified atom stereocenters. The highest BCUT2D eigenvalue weighted by molar-refractivity contribution is 7.08. The molecule has 2 aromatic rings. The van der Waals surface area contributed by atoms with Crippen molar-refractivity contribution in [3.8, 4) is 11.4 Å². The molecule has 1 aliphatic heterocycles. The summed E-state index contributed by atoms with van der Waals surface area (Å²) in [7, 11) is 0. The summed E-state index contributed by atoms with van der Waals surface area (Å²) >= 11 is 1.63. The fourth-order valence-corrected chi connectivity index (χ4v) is 4.76. The van der Waals surface area contributed by atoms with Gasteiger partial charge in [-0.2, -0.15) is 16.3 Å². The van der Waals surface area contributed by atoms with Crippen molar-refractivity contribution >= 4 is 17.2 Å². The molecule has 2 fully saturated rings. The molecule has 1 N–H and O–H groups in total. The third-order valence-corrected chi connectivity index (χ3v) is 6.03. The van der Waals surface area contributed by atoms with Crippen LogP contribution in [0.3, 0.4) is 0 Å². The molecule has 2 aliphatic rings. The van der Waals surface area contributed by atoms with Crippen LogP contribution in [0.2, 0.25) is 0 Å². The smallest absolute Gasteiger partial charge is 0.243 e. The van der Waals surface area contributed by atoms with Crippen LogP contribution in [0.5, 0.6) is 0 Å². The summed E-state index contributed by atoms with van der Waals surface area (Å²) in [6.45, 7) is 2.74. The van der Waals surface area contributed by atoms with Gasteiger partial charge in [-0.25, -0.2) is 0 Å². The Labute approximate surface area is 133 Å². The van der Waals surface area contributed by atoms with Crippen LogP contribution >= 0.6 is 11.3 Å². The number of carbonyl (C=O) groups excluding carboxylic acids is 1. The number of rotatable bonds is 3. The molecule has 1 saturated heterocycles. The van der Waals surface area contributed by atoms with Gasteiger partial charge in [0.05, 0.1) is 0 Å². The van der Waals surface area contributed by atoms with Crippen molar-refractivity contribution in [2.45, 2.75) is 44.4 Å². The summed E-state index contributed by atoms with van der Waals surface area (Å²) in [6.07, 6.45) is 5.28. The van der Waals surface area contributed by atoms with Crippen LogP contribution in [0.15, 0.2) is 15.3 Å². The van der Waals surface area contributed by atoms with E-state index in [9.17, 15) is 4.79 Å². The van der Waals surface area contributed by atoms with Gasteiger partial charge in [-0.05, 0) is 43.0 Å². The maximum Gasteiger partial charge on any atom is 0.243 e. The Kier molecular flexibility index (Phi) is 3.29. The predicted molar refractivity (Wildman–Crippen MR) is 83.6 cm³/mol. The largest absolute Gasteiger partial charge is 0.355 e. The summed E-state index contributed by atoms with van der Waals surface area (Å²) in [5.74, 6) is 1.50. The fraction of sp³-hybridized carbons (Fsp3) is 0.562. The Hall–Kier alpha value is -1.69. The Bertz CT molecular complexity index is 702. The average molecular weight is 317 g/mol. The Morgan fingerprint density at radius 2 is 2.18 bits per heavy atom. The minimum Gasteiger partial charge on any atom is -0.355 e. The van der Waals surface area contributed by atoms with Gasteiger partial charge in [0.1, 0.15) is 5.41 Å². The van der Waals surface area contributed by atoms with E-state index in [4.69, 9.17) is 4.52 Å². The second kappa shape index (κ2) is 5.19. The molecular formula is C16H19N3O2S. The van der Waals surface area contributed by atoms with Gasteiger partial charge in [-0.15, -0.1) is 0 Å². The van der Waals surface area contributed by atoms with Crippen molar-refractivity contribution in [1.29, 1.82) is 0 Å². The number of amides is 1. The molecule has 1 atom stereocenters. The minimum absolute atomic E-state index is 0.0663. The zero-order chi connectivity index (χ0) is 15.2. The first-order valence-corrected chi connectivity index (χ1v) is 8.82. The Morgan fingerprint density at radius 3 is 2.82 bits per heavy atom. The van der Waals surface area contributed by atoms with E-state index in [0.717, 1.165) is 30.4 Å². The van der Waals surface area contributed by atoms with Crippen molar-refractivity contribution in [2.24, 2.45) is 5.92 Å². The van der Waals surface area contributed by atoms with Crippen LogP contribution in [0.1, 0.15) is 43.6 Å². The zero-order valence-electron chi connectivity index (χ0n) is 12.6. The number of hydrogen-bond donors (Lipinski definition) is 1. The first-order valence-electron chi connectivity index (χ1n) is 7.87. The lowest BCUT2D eigenvalue weighted by molar-refractivity contribution is -0.126. The Balaban J connectivity index is 1.76. The van der Waals surface area contributed by atoms with Crippen LogP contribution in [-0.2, 0) is 10.2 Å². The van der Waals surface area contributed by atoms with Crippen molar-refractivity contribution in [2.75, 3.05) is 6.54 Å². The van der Waals surface area contributed by atoms with Crippen LogP contribution in [0.4, 0.5) is 0 Å². The molecule has 22 heavy (non-hydrogen) atoms. The van der Waals surface area contributed by atoms with E-state index < -0.39 is 5.41 Å². The number of aromatic nitrogens is 2. The molecule has 0 aromatic carbocycles. The normalized spacial score (nSPS) is 25.8. The van der Waals surface area contributed by atoms with E-state index in [1.165, 1.54) is 12.8 Å². The first kappa shape index (κ1) is 13.9. The molecule has 0 radical (unpaired) electrons. The maximum atomic E-state index is 12.6. The maximum absolute atomic E-state index is 12.6. The molecule has 3 heterocycles. The molecule has 1 amide bonds. The second-order valence-electron chi connectivity index (χ2n) is 6.35. The van der Waals surface area contributed by atoms with Crippen molar-refractivity contribution in [3.63, 3.8) is 0 Å². The minimum atomic E-state index is -0.605. The molecule has 0 spiro atoms. The van der Waals surface area contributed by atoms with Crippen LogP contribution < -0.4 is 5.32 Å². The van der Waals surface area contributed by atoms with Crippen molar-refractivity contribution in [1.82, 2.24) is 15.5 Å². The van der Waals surface area contributed by atoms with E-state index in [1.54, 1.807) is 11.3 Å². The second-order valence-corrected chi connectivity index (χ2v) is 7.09. The zero-order valence-corrected chi connectivity index (χ0v) is 13.4. The van der Waals surface area contributed by atoms with Gasteiger partial charge in [-0.1, -0.05) is 18.0 Å². The molecule has 1 aliphatic carbocycles. The van der Waals surface area contributed by atoms with E-state index in [1.807, 2.05) is 12.3 Å². The topological polar surface area (TPSA) is 68.0 Å². The van der Waals surface area contributed by atoms with Gasteiger partial charge in [0.15, 0.2) is 0 Å². The van der Waals surface area contributed by atoms with Crippen LogP contribution in [0.25, 0.3) is 11.4 Å². The van der Waals surface area contributed by atoms with E-state index in [0.29, 0.717) is 24.2 Å². The van der Waals surface area contributed by atoms with Crippen LogP contribution in [-0.4, -0.2) is 22.6 Å². The molecule has 6 heteroatoms. The van der Waals surface area contributed by atoms with Gasteiger partial charge in [0, 0.05) is 17.5 Å². The molecule has 2 aromatic heterocycles. The third-order valence-electron chi connectivity index (χ3n) is 5.17. The number of nitrogens with zero attached hydrogens (tertiary/aromatic N) is 2. The van der Waals surface area contributed by atoms with Gasteiger partial charge in [0.25, 0.3) is 0 Å². The molecule has 1 saturated carbocycles. The number of aryl methyl sites for hydroxylation is 1. The molecule has 0 bridgehead atoms. The van der Waals surface area contributed by atoms with Crippen molar-refractivity contribution < 1.29 is 9.32 Å². The summed E-state index contributed by atoms with van der Waals surface area (Å²) in [5, 5.41) is 11.2. The van der Waals surface area contributed by atoms with Gasteiger partial charge in [0.2, 0.25) is 17.6 Å². The lowest BCUT2D eigenvalue weighted by Gasteiger charge is -2.28. The average Bonchev–Trinajstić information content (AvgIpc) is 3.24.